The van der Waals surface area contributed by atoms with Crippen LogP contribution in [0, 0.1) is 0 Å². The molecule has 3 N–H and O–H groups in total. The molecule has 0 bridgehead atoms. The summed E-state index contributed by atoms with van der Waals surface area (Å²) in [6.07, 6.45) is 4.23. The summed E-state index contributed by atoms with van der Waals surface area (Å²) in [7, 11) is 0. The van der Waals surface area contributed by atoms with Crippen molar-refractivity contribution in [3.63, 3.8) is 0 Å². The van der Waals surface area contributed by atoms with Gasteiger partial charge in [0.2, 0.25) is 0 Å². The summed E-state index contributed by atoms with van der Waals surface area (Å²) in [4.78, 5) is 6.73. The van der Waals surface area contributed by atoms with Crippen LogP contribution in [0.5, 0.6) is 0 Å². The van der Waals surface area contributed by atoms with Crippen molar-refractivity contribution in [3.05, 3.63) is 18.3 Å². The standard InChI is InChI=1S/C12H20N4/c1-2-16-8-4-5-10(9-16)15-12-11(13)6-3-7-14-12/h3,6-7,10H,2,4-5,8-9,13H2,1H3,(H,14,15)/t10-/m0/s1. The molecule has 0 saturated carbocycles. The summed E-state index contributed by atoms with van der Waals surface area (Å²) in [5.74, 6) is 0.824. The first kappa shape index (κ1) is 11.2. The highest BCUT2D eigenvalue weighted by molar-refractivity contribution is 5.60. The number of likely N-dealkylation sites (tertiary alicyclic amines) is 1. The van der Waals surface area contributed by atoms with Crippen LogP contribution >= 0.6 is 0 Å². The van der Waals surface area contributed by atoms with Gasteiger partial charge in [-0.15, -0.1) is 0 Å². The third kappa shape index (κ3) is 2.64. The Morgan fingerprint density at radius 3 is 3.25 bits per heavy atom. The van der Waals surface area contributed by atoms with Crippen molar-refractivity contribution in [3.8, 4) is 0 Å². The number of nitrogen functional groups attached to an aromatic ring is 1. The van der Waals surface area contributed by atoms with E-state index in [4.69, 9.17) is 5.73 Å². The second kappa shape index (κ2) is 5.16. The fraction of sp³-hybridized carbons (Fsp3) is 0.583. The molecule has 0 amide bonds. The molecule has 0 aliphatic carbocycles. The highest BCUT2D eigenvalue weighted by Crippen LogP contribution is 2.18. The van der Waals surface area contributed by atoms with Crippen LogP contribution in [-0.2, 0) is 0 Å². The van der Waals surface area contributed by atoms with Crippen molar-refractivity contribution < 1.29 is 0 Å². The molecule has 2 rings (SSSR count). The van der Waals surface area contributed by atoms with E-state index in [-0.39, 0.29) is 0 Å². The predicted molar refractivity (Wildman–Crippen MR) is 67.4 cm³/mol. The zero-order chi connectivity index (χ0) is 11.4. The van der Waals surface area contributed by atoms with E-state index in [1.807, 2.05) is 12.1 Å². The number of pyridine rings is 1. The fourth-order valence-electron chi connectivity index (χ4n) is 2.19. The van der Waals surface area contributed by atoms with Gasteiger partial charge in [-0.1, -0.05) is 6.92 Å². The van der Waals surface area contributed by atoms with Gasteiger partial charge >= 0.3 is 0 Å². The lowest BCUT2D eigenvalue weighted by Crippen LogP contribution is -2.42. The van der Waals surface area contributed by atoms with Gasteiger partial charge < -0.3 is 16.0 Å². The molecule has 1 fully saturated rings. The molecule has 0 radical (unpaired) electrons. The van der Waals surface area contributed by atoms with E-state index in [0.717, 1.165) is 24.6 Å². The first-order valence-corrected chi connectivity index (χ1v) is 5.99. The lowest BCUT2D eigenvalue weighted by atomic mass is 10.1. The minimum Gasteiger partial charge on any atom is -0.396 e. The molecule has 0 aromatic carbocycles. The Balaban J connectivity index is 1.97. The summed E-state index contributed by atoms with van der Waals surface area (Å²) in [5, 5.41) is 3.44. The van der Waals surface area contributed by atoms with Crippen LogP contribution in [0.3, 0.4) is 0 Å². The molecule has 1 aliphatic heterocycles. The normalized spacial score (nSPS) is 21.9. The summed E-state index contributed by atoms with van der Waals surface area (Å²) < 4.78 is 0. The molecule has 88 valence electrons. The summed E-state index contributed by atoms with van der Waals surface area (Å²) in [6, 6.07) is 4.22. The molecule has 0 spiro atoms. The Labute approximate surface area is 96.8 Å². The topological polar surface area (TPSA) is 54.2 Å². The third-order valence-electron chi connectivity index (χ3n) is 3.13. The second-order valence-electron chi connectivity index (χ2n) is 4.32. The van der Waals surface area contributed by atoms with E-state index in [2.05, 4.69) is 22.1 Å². The van der Waals surface area contributed by atoms with Crippen molar-refractivity contribution in [2.45, 2.75) is 25.8 Å². The molecular weight excluding hydrogens is 200 g/mol. The van der Waals surface area contributed by atoms with Crippen molar-refractivity contribution >= 4 is 11.5 Å². The maximum atomic E-state index is 5.87. The smallest absolute Gasteiger partial charge is 0.149 e. The van der Waals surface area contributed by atoms with Crippen LogP contribution in [0.1, 0.15) is 19.8 Å². The monoisotopic (exact) mass is 220 g/mol. The predicted octanol–water partition coefficient (Wildman–Crippen LogP) is 1.56. The number of likely N-dealkylation sites (N-methyl/N-ethyl adjacent to an activating group) is 1. The zero-order valence-electron chi connectivity index (χ0n) is 9.82. The van der Waals surface area contributed by atoms with Gasteiger partial charge in [0, 0.05) is 18.8 Å². The van der Waals surface area contributed by atoms with Crippen LogP contribution in [0.4, 0.5) is 11.5 Å². The van der Waals surface area contributed by atoms with E-state index in [1.54, 1.807) is 6.20 Å². The Bertz CT molecular complexity index is 340. The molecule has 2 heterocycles. The van der Waals surface area contributed by atoms with Gasteiger partial charge in [0.15, 0.2) is 0 Å². The van der Waals surface area contributed by atoms with Crippen molar-refractivity contribution in [1.82, 2.24) is 9.88 Å². The minimum absolute atomic E-state index is 0.478. The SMILES string of the molecule is CCN1CCC[C@H](Nc2ncccc2N)C1. The van der Waals surface area contributed by atoms with Gasteiger partial charge in [-0.2, -0.15) is 0 Å². The largest absolute Gasteiger partial charge is 0.396 e. The molecular formula is C12H20N4. The molecule has 1 atom stereocenters. The average Bonchev–Trinajstić information content (AvgIpc) is 2.32. The highest BCUT2D eigenvalue weighted by Gasteiger charge is 2.19. The van der Waals surface area contributed by atoms with E-state index in [1.165, 1.54) is 19.4 Å². The lowest BCUT2D eigenvalue weighted by molar-refractivity contribution is 0.226. The average molecular weight is 220 g/mol. The molecule has 1 aromatic heterocycles. The lowest BCUT2D eigenvalue weighted by Gasteiger charge is -2.32. The maximum absolute atomic E-state index is 5.87. The fourth-order valence-corrected chi connectivity index (χ4v) is 2.19. The summed E-state index contributed by atoms with van der Waals surface area (Å²) in [6.45, 7) is 5.63. The first-order chi connectivity index (χ1) is 7.79. The van der Waals surface area contributed by atoms with Crippen LogP contribution in [0.2, 0.25) is 0 Å². The molecule has 4 heteroatoms. The first-order valence-electron chi connectivity index (χ1n) is 5.99. The molecule has 1 saturated heterocycles. The number of piperidine rings is 1. The number of anilines is 2. The van der Waals surface area contributed by atoms with E-state index < -0.39 is 0 Å². The van der Waals surface area contributed by atoms with Crippen molar-refractivity contribution in [1.29, 1.82) is 0 Å². The van der Waals surface area contributed by atoms with Gasteiger partial charge in [-0.25, -0.2) is 4.98 Å². The molecule has 16 heavy (non-hydrogen) atoms. The van der Waals surface area contributed by atoms with Crippen molar-refractivity contribution in [2.75, 3.05) is 30.7 Å². The number of hydrogen-bond donors (Lipinski definition) is 2. The van der Waals surface area contributed by atoms with E-state index in [0.29, 0.717) is 6.04 Å². The number of rotatable bonds is 3. The van der Waals surface area contributed by atoms with Crippen LogP contribution in [-0.4, -0.2) is 35.6 Å². The quantitative estimate of drug-likeness (QED) is 0.811. The number of nitrogens with zero attached hydrogens (tertiary/aromatic N) is 2. The number of nitrogens with two attached hydrogens (primary N) is 1. The van der Waals surface area contributed by atoms with Crippen LogP contribution in [0.15, 0.2) is 18.3 Å². The molecule has 1 aromatic rings. The number of nitrogens with one attached hydrogen (secondary N) is 1. The number of aromatic nitrogens is 1. The molecule has 0 unspecified atom stereocenters. The van der Waals surface area contributed by atoms with Gasteiger partial charge in [0.1, 0.15) is 5.82 Å². The van der Waals surface area contributed by atoms with E-state index in [9.17, 15) is 0 Å². The Hall–Kier alpha value is -1.29. The maximum Gasteiger partial charge on any atom is 0.149 e. The Morgan fingerprint density at radius 1 is 1.62 bits per heavy atom. The Kier molecular flexibility index (Phi) is 3.62. The van der Waals surface area contributed by atoms with E-state index >= 15 is 0 Å². The zero-order valence-corrected chi connectivity index (χ0v) is 9.82. The highest BCUT2D eigenvalue weighted by atomic mass is 15.2. The molecule has 4 nitrogen and oxygen atoms in total. The summed E-state index contributed by atoms with van der Waals surface area (Å²) >= 11 is 0. The van der Waals surface area contributed by atoms with Gasteiger partial charge in [-0.3, -0.25) is 0 Å². The van der Waals surface area contributed by atoms with Crippen LogP contribution in [0.25, 0.3) is 0 Å². The Morgan fingerprint density at radius 2 is 2.50 bits per heavy atom. The molecule has 1 aliphatic rings. The minimum atomic E-state index is 0.478. The summed E-state index contributed by atoms with van der Waals surface area (Å²) in [5.41, 5.74) is 6.60. The van der Waals surface area contributed by atoms with Gasteiger partial charge in [-0.05, 0) is 38.1 Å². The second-order valence-corrected chi connectivity index (χ2v) is 4.32. The number of hydrogen-bond acceptors (Lipinski definition) is 4. The van der Waals surface area contributed by atoms with Crippen LogP contribution < -0.4 is 11.1 Å². The van der Waals surface area contributed by atoms with Gasteiger partial charge in [0.25, 0.3) is 0 Å². The van der Waals surface area contributed by atoms with Gasteiger partial charge in [0.05, 0.1) is 5.69 Å². The third-order valence-corrected chi connectivity index (χ3v) is 3.13. The van der Waals surface area contributed by atoms with Crippen molar-refractivity contribution in [2.24, 2.45) is 0 Å².